The zero-order valence-corrected chi connectivity index (χ0v) is 12.8. The highest BCUT2D eigenvalue weighted by Gasteiger charge is 2.25. The van der Waals surface area contributed by atoms with Gasteiger partial charge in [-0.05, 0) is 5.41 Å². The fourth-order valence-electron chi connectivity index (χ4n) is 1.11. The van der Waals surface area contributed by atoms with Crippen molar-refractivity contribution in [3.63, 3.8) is 0 Å². The van der Waals surface area contributed by atoms with E-state index in [0.29, 0.717) is 0 Å². The summed E-state index contributed by atoms with van der Waals surface area (Å²) in [7, 11) is 0. The average Bonchev–Trinajstić information content (AvgIpc) is 2.21. The fraction of sp³-hybridized carbons (Fsp3) is 0.857. The van der Waals surface area contributed by atoms with Crippen LogP contribution in [0.5, 0.6) is 0 Å². The number of alkyl carbamates (subject to hydrolysis) is 1. The molecule has 0 saturated carbocycles. The second-order valence-corrected chi connectivity index (χ2v) is 6.99. The molecule has 0 saturated heterocycles. The topological polar surface area (TPSA) is 55.4 Å². The number of alkyl halides is 1. The van der Waals surface area contributed by atoms with Crippen molar-refractivity contribution in [2.75, 3.05) is 13.2 Å². The van der Waals surface area contributed by atoms with Crippen molar-refractivity contribution in [1.82, 2.24) is 5.32 Å². The third-order valence-electron chi connectivity index (χ3n) is 2.35. The maximum atomic E-state index is 13.5. The zero-order chi connectivity index (χ0) is 15.3. The summed E-state index contributed by atoms with van der Waals surface area (Å²) in [4.78, 5) is 22.9. The maximum absolute atomic E-state index is 13.5. The summed E-state index contributed by atoms with van der Waals surface area (Å²) in [6, 6.07) is 0. The molecule has 112 valence electrons. The summed E-state index contributed by atoms with van der Waals surface area (Å²) in [6.45, 7) is 11.1. The number of ether oxygens (including phenoxy) is 1. The van der Waals surface area contributed by atoms with E-state index in [4.69, 9.17) is 4.74 Å². The van der Waals surface area contributed by atoms with E-state index in [-0.39, 0.29) is 30.8 Å². The molecule has 0 aromatic carbocycles. The van der Waals surface area contributed by atoms with Gasteiger partial charge in [0.25, 0.3) is 0 Å². The highest BCUT2D eigenvalue weighted by atomic mass is 19.1. The van der Waals surface area contributed by atoms with Gasteiger partial charge < -0.3 is 10.1 Å². The van der Waals surface area contributed by atoms with E-state index in [1.165, 1.54) is 0 Å². The minimum Gasteiger partial charge on any atom is -0.449 e. The van der Waals surface area contributed by atoms with Gasteiger partial charge in [0.1, 0.15) is 12.0 Å². The number of nitrogens with one attached hydrogen (secondary N) is 1. The first-order valence-electron chi connectivity index (χ1n) is 6.50. The van der Waals surface area contributed by atoms with Crippen LogP contribution in [0.15, 0.2) is 0 Å². The van der Waals surface area contributed by atoms with Gasteiger partial charge >= 0.3 is 6.09 Å². The number of rotatable bonds is 5. The lowest BCUT2D eigenvalue weighted by molar-refractivity contribution is -0.127. The van der Waals surface area contributed by atoms with Crippen LogP contribution in [0.25, 0.3) is 0 Å². The van der Waals surface area contributed by atoms with Crippen LogP contribution in [0, 0.1) is 10.8 Å². The number of amides is 1. The van der Waals surface area contributed by atoms with Crippen molar-refractivity contribution in [2.45, 2.75) is 54.1 Å². The van der Waals surface area contributed by atoms with E-state index in [1.54, 1.807) is 20.8 Å². The molecule has 1 atom stereocenters. The molecule has 0 unspecified atom stereocenters. The molecule has 0 heterocycles. The first kappa shape index (κ1) is 17.9. The van der Waals surface area contributed by atoms with Crippen LogP contribution in [0.4, 0.5) is 9.18 Å². The lowest BCUT2D eigenvalue weighted by atomic mass is 9.88. The van der Waals surface area contributed by atoms with Crippen molar-refractivity contribution >= 4 is 11.9 Å². The SMILES string of the molecule is CC(C)(C)COC(=O)NC[C@@H](F)CC(=O)C(C)(C)C. The molecule has 1 amide bonds. The quantitative estimate of drug-likeness (QED) is 0.838. The van der Waals surface area contributed by atoms with Crippen molar-refractivity contribution in [1.29, 1.82) is 0 Å². The van der Waals surface area contributed by atoms with Gasteiger partial charge in [-0.1, -0.05) is 41.5 Å². The number of Topliss-reactive ketones (excluding diaryl/α,β-unsaturated/α-hetero) is 1. The molecule has 0 aromatic heterocycles. The molecular formula is C14H26FNO3. The summed E-state index contributed by atoms with van der Waals surface area (Å²) in [5, 5.41) is 2.32. The first-order valence-corrected chi connectivity index (χ1v) is 6.50. The molecule has 0 aliphatic heterocycles. The molecule has 0 radical (unpaired) electrons. The summed E-state index contributed by atoms with van der Waals surface area (Å²) in [5.74, 6) is -0.162. The number of hydrogen-bond donors (Lipinski definition) is 1. The molecule has 0 fully saturated rings. The number of halogens is 1. The van der Waals surface area contributed by atoms with Crippen molar-refractivity contribution in [3.05, 3.63) is 0 Å². The van der Waals surface area contributed by atoms with Crippen molar-refractivity contribution in [2.24, 2.45) is 10.8 Å². The van der Waals surface area contributed by atoms with Crippen molar-refractivity contribution < 1.29 is 18.7 Å². The van der Waals surface area contributed by atoms with Gasteiger partial charge in [-0.3, -0.25) is 4.79 Å². The Kier molecular flexibility index (Phi) is 6.46. The minimum atomic E-state index is -1.38. The molecule has 0 rings (SSSR count). The number of ketones is 1. The van der Waals surface area contributed by atoms with E-state index >= 15 is 0 Å². The van der Waals surface area contributed by atoms with Gasteiger partial charge in [-0.25, -0.2) is 9.18 Å². The third kappa shape index (κ3) is 9.45. The van der Waals surface area contributed by atoms with Gasteiger partial charge in [0, 0.05) is 11.8 Å². The van der Waals surface area contributed by atoms with Crippen LogP contribution >= 0.6 is 0 Å². The van der Waals surface area contributed by atoms with Gasteiger partial charge in [0.15, 0.2) is 0 Å². The summed E-state index contributed by atoms with van der Waals surface area (Å²) in [5.41, 5.74) is -0.689. The van der Waals surface area contributed by atoms with Crippen LogP contribution < -0.4 is 5.32 Å². The zero-order valence-electron chi connectivity index (χ0n) is 12.8. The normalized spacial score (nSPS) is 13.8. The van der Waals surface area contributed by atoms with Crippen LogP contribution in [0.3, 0.4) is 0 Å². The van der Waals surface area contributed by atoms with Crippen LogP contribution in [0.2, 0.25) is 0 Å². The molecule has 0 spiro atoms. The Hall–Kier alpha value is -1.13. The summed E-state index contributed by atoms with van der Waals surface area (Å²) >= 11 is 0. The smallest absolute Gasteiger partial charge is 0.407 e. The van der Waals surface area contributed by atoms with E-state index < -0.39 is 17.7 Å². The Labute approximate surface area is 115 Å². The standard InChI is InChI=1S/C14H26FNO3/c1-13(2,3)9-19-12(18)16-8-10(15)7-11(17)14(4,5)6/h10H,7-9H2,1-6H3,(H,16,18)/t10-/m0/s1. The maximum Gasteiger partial charge on any atom is 0.407 e. The summed E-state index contributed by atoms with van der Waals surface area (Å²) in [6.07, 6.45) is -2.22. The van der Waals surface area contributed by atoms with E-state index in [1.807, 2.05) is 20.8 Å². The number of hydrogen-bond acceptors (Lipinski definition) is 3. The van der Waals surface area contributed by atoms with Gasteiger partial charge in [0.2, 0.25) is 0 Å². The van der Waals surface area contributed by atoms with E-state index in [2.05, 4.69) is 5.32 Å². The largest absolute Gasteiger partial charge is 0.449 e. The molecule has 0 aliphatic carbocycles. The monoisotopic (exact) mass is 275 g/mol. The second-order valence-electron chi connectivity index (χ2n) is 6.99. The Balaban J connectivity index is 3.94. The Morgan fingerprint density at radius 2 is 1.68 bits per heavy atom. The lowest BCUT2D eigenvalue weighted by Gasteiger charge is -2.19. The molecule has 0 aromatic rings. The van der Waals surface area contributed by atoms with Gasteiger partial charge in [-0.15, -0.1) is 0 Å². The highest BCUT2D eigenvalue weighted by molar-refractivity contribution is 5.84. The van der Waals surface area contributed by atoms with Gasteiger partial charge in [-0.2, -0.15) is 0 Å². The Morgan fingerprint density at radius 3 is 2.11 bits per heavy atom. The Morgan fingerprint density at radius 1 is 1.16 bits per heavy atom. The average molecular weight is 275 g/mol. The van der Waals surface area contributed by atoms with Crippen molar-refractivity contribution in [3.8, 4) is 0 Å². The predicted molar refractivity (Wildman–Crippen MR) is 72.8 cm³/mol. The molecule has 0 bridgehead atoms. The predicted octanol–water partition coefficient (Wildman–Crippen LogP) is 3.10. The second kappa shape index (κ2) is 6.87. The minimum absolute atomic E-state index is 0.130. The number of carbonyl (C=O) groups excluding carboxylic acids is 2. The van der Waals surface area contributed by atoms with E-state index in [0.717, 1.165) is 0 Å². The van der Waals surface area contributed by atoms with Crippen LogP contribution in [0.1, 0.15) is 48.0 Å². The molecule has 1 N–H and O–H groups in total. The molecule has 5 heteroatoms. The fourth-order valence-corrected chi connectivity index (χ4v) is 1.11. The first-order chi connectivity index (χ1) is 8.42. The third-order valence-corrected chi connectivity index (χ3v) is 2.35. The highest BCUT2D eigenvalue weighted by Crippen LogP contribution is 2.18. The van der Waals surface area contributed by atoms with Crippen LogP contribution in [-0.4, -0.2) is 31.2 Å². The molecule has 0 aliphatic rings. The van der Waals surface area contributed by atoms with Gasteiger partial charge in [0.05, 0.1) is 13.2 Å². The molecule has 4 nitrogen and oxygen atoms in total. The number of carbonyl (C=O) groups is 2. The van der Waals surface area contributed by atoms with Crippen LogP contribution in [-0.2, 0) is 9.53 Å². The lowest BCUT2D eigenvalue weighted by Crippen LogP contribution is -2.34. The molecular weight excluding hydrogens is 249 g/mol. The summed E-state index contributed by atoms with van der Waals surface area (Å²) < 4.78 is 18.5. The van der Waals surface area contributed by atoms with E-state index in [9.17, 15) is 14.0 Å². The molecule has 19 heavy (non-hydrogen) atoms. The Bertz CT molecular complexity index is 316.